The van der Waals surface area contributed by atoms with Crippen molar-refractivity contribution in [3.8, 4) is 0 Å². The maximum Gasteiger partial charge on any atom is 0.297 e. The summed E-state index contributed by atoms with van der Waals surface area (Å²) < 4.78 is 0. The number of nitro groups is 2. The molecule has 2 aromatic heterocycles. The number of hydrogen-bond donors (Lipinski definition) is 2. The summed E-state index contributed by atoms with van der Waals surface area (Å²) in [5.41, 5.74) is 2.25. The molecule has 0 radical (unpaired) electrons. The molecule has 0 saturated heterocycles. The van der Waals surface area contributed by atoms with E-state index in [4.69, 9.17) is 0 Å². The molecule has 0 aliphatic rings. The summed E-state index contributed by atoms with van der Waals surface area (Å²) in [6.45, 7) is 0. The van der Waals surface area contributed by atoms with E-state index in [1.54, 1.807) is 24.3 Å². The van der Waals surface area contributed by atoms with Gasteiger partial charge < -0.3 is 9.97 Å². The first-order valence-corrected chi connectivity index (χ1v) is 6.71. The quantitative estimate of drug-likeness (QED) is 0.428. The van der Waals surface area contributed by atoms with Crippen LogP contribution in [0.4, 0.5) is 11.4 Å². The van der Waals surface area contributed by atoms with Crippen molar-refractivity contribution in [1.82, 2.24) is 19.9 Å². The molecule has 0 amide bonds. The van der Waals surface area contributed by atoms with E-state index in [-0.39, 0.29) is 11.4 Å². The van der Waals surface area contributed by atoms with Crippen molar-refractivity contribution in [2.24, 2.45) is 0 Å². The molecule has 0 unspecified atom stereocenters. The van der Waals surface area contributed by atoms with E-state index in [2.05, 4.69) is 19.9 Å². The van der Waals surface area contributed by atoms with Crippen molar-refractivity contribution in [2.75, 3.05) is 0 Å². The van der Waals surface area contributed by atoms with Gasteiger partial charge in [0.05, 0.1) is 33.5 Å². The molecule has 0 spiro atoms. The first-order chi connectivity index (χ1) is 11.6. The van der Waals surface area contributed by atoms with Crippen molar-refractivity contribution in [1.29, 1.82) is 0 Å². The Morgan fingerprint density at radius 1 is 0.750 bits per heavy atom. The van der Waals surface area contributed by atoms with Gasteiger partial charge in [-0.3, -0.25) is 20.2 Å². The van der Waals surface area contributed by atoms with Crippen LogP contribution >= 0.6 is 0 Å². The number of nitrogens with one attached hydrogen (secondary N) is 2. The number of para-hydroxylation sites is 2. The SMILES string of the molecule is O=[N+]([O-])c1cccc2[nH]cnc12.O=[N+]([O-])c1cccc2[nH]cnc12. The lowest BCUT2D eigenvalue weighted by Gasteiger charge is -1.90. The van der Waals surface area contributed by atoms with Gasteiger partial charge in [0.25, 0.3) is 11.4 Å². The van der Waals surface area contributed by atoms with Crippen LogP contribution in [0.5, 0.6) is 0 Å². The van der Waals surface area contributed by atoms with E-state index in [0.29, 0.717) is 22.1 Å². The number of non-ortho nitro benzene ring substituents is 2. The number of aromatic nitrogens is 4. The van der Waals surface area contributed by atoms with Gasteiger partial charge in [0.2, 0.25) is 0 Å². The zero-order chi connectivity index (χ0) is 17.1. The average molecular weight is 326 g/mol. The molecule has 10 nitrogen and oxygen atoms in total. The molecule has 0 bridgehead atoms. The monoisotopic (exact) mass is 326 g/mol. The van der Waals surface area contributed by atoms with Crippen LogP contribution in [0.2, 0.25) is 0 Å². The molecule has 4 rings (SSSR count). The summed E-state index contributed by atoms with van der Waals surface area (Å²) in [5.74, 6) is 0. The molecule has 2 N–H and O–H groups in total. The van der Waals surface area contributed by atoms with Gasteiger partial charge in [0.1, 0.15) is 0 Å². The first kappa shape index (κ1) is 15.1. The van der Waals surface area contributed by atoms with E-state index in [1.807, 2.05) is 0 Å². The number of aromatic amines is 2. The number of H-pyrrole nitrogens is 2. The van der Waals surface area contributed by atoms with Crippen molar-refractivity contribution < 1.29 is 9.85 Å². The lowest BCUT2D eigenvalue weighted by Crippen LogP contribution is -1.88. The summed E-state index contributed by atoms with van der Waals surface area (Å²) in [7, 11) is 0. The standard InChI is InChI=1S/2C7H5N3O2/c2*11-10(12)6-3-1-2-5-7(6)9-4-8-5/h2*1-4H,(H,8,9). The van der Waals surface area contributed by atoms with Gasteiger partial charge in [-0.2, -0.15) is 0 Å². The molecule has 120 valence electrons. The molecule has 2 heterocycles. The van der Waals surface area contributed by atoms with Gasteiger partial charge in [-0.05, 0) is 12.1 Å². The van der Waals surface area contributed by atoms with Crippen molar-refractivity contribution in [3.05, 3.63) is 69.3 Å². The van der Waals surface area contributed by atoms with E-state index in [0.717, 1.165) is 0 Å². The predicted octanol–water partition coefficient (Wildman–Crippen LogP) is 2.94. The minimum atomic E-state index is -0.441. The number of imidazole rings is 2. The number of fused-ring (bicyclic) bond motifs is 2. The van der Waals surface area contributed by atoms with Crippen LogP contribution < -0.4 is 0 Å². The topological polar surface area (TPSA) is 144 Å². The third-order valence-corrected chi connectivity index (χ3v) is 3.25. The summed E-state index contributed by atoms with van der Waals surface area (Å²) in [6, 6.07) is 9.61. The Kier molecular flexibility index (Phi) is 3.85. The minimum Gasteiger partial charge on any atom is -0.344 e. The second kappa shape index (κ2) is 6.12. The largest absolute Gasteiger partial charge is 0.344 e. The molecule has 0 saturated carbocycles. The maximum absolute atomic E-state index is 10.5. The molecular weight excluding hydrogens is 316 g/mol. The third kappa shape index (κ3) is 2.75. The minimum absolute atomic E-state index is 0.0359. The van der Waals surface area contributed by atoms with Gasteiger partial charge in [0.15, 0.2) is 11.0 Å². The van der Waals surface area contributed by atoms with Crippen LogP contribution in [0, 0.1) is 20.2 Å². The lowest BCUT2D eigenvalue weighted by atomic mass is 10.3. The molecule has 24 heavy (non-hydrogen) atoms. The zero-order valence-electron chi connectivity index (χ0n) is 12.0. The zero-order valence-corrected chi connectivity index (χ0v) is 12.0. The van der Waals surface area contributed by atoms with Gasteiger partial charge in [-0.15, -0.1) is 0 Å². The average Bonchev–Trinajstić information content (AvgIpc) is 3.23. The summed E-state index contributed by atoms with van der Waals surface area (Å²) in [6.07, 6.45) is 2.88. The Labute approximate surface area is 133 Å². The Morgan fingerprint density at radius 3 is 1.54 bits per heavy atom. The molecule has 0 atom stereocenters. The second-order valence-corrected chi connectivity index (χ2v) is 4.67. The van der Waals surface area contributed by atoms with Gasteiger partial charge in [-0.1, -0.05) is 12.1 Å². The highest BCUT2D eigenvalue weighted by atomic mass is 16.6. The van der Waals surface area contributed by atoms with Gasteiger partial charge in [0, 0.05) is 12.1 Å². The molecule has 0 aliphatic carbocycles. The first-order valence-electron chi connectivity index (χ1n) is 6.71. The van der Waals surface area contributed by atoms with Crippen LogP contribution in [-0.4, -0.2) is 29.8 Å². The fourth-order valence-corrected chi connectivity index (χ4v) is 2.19. The number of benzene rings is 2. The van der Waals surface area contributed by atoms with Crippen molar-refractivity contribution in [2.45, 2.75) is 0 Å². The third-order valence-electron chi connectivity index (χ3n) is 3.25. The fraction of sp³-hybridized carbons (Fsp3) is 0. The Hall–Kier alpha value is -3.82. The summed E-state index contributed by atoms with van der Waals surface area (Å²) in [5, 5.41) is 20.9. The van der Waals surface area contributed by atoms with Crippen molar-refractivity contribution in [3.63, 3.8) is 0 Å². The van der Waals surface area contributed by atoms with Crippen LogP contribution in [0.1, 0.15) is 0 Å². The fourth-order valence-electron chi connectivity index (χ4n) is 2.19. The summed E-state index contributed by atoms with van der Waals surface area (Å²) >= 11 is 0. The highest BCUT2D eigenvalue weighted by Crippen LogP contribution is 2.21. The normalized spacial score (nSPS) is 10.3. The van der Waals surface area contributed by atoms with E-state index < -0.39 is 9.85 Å². The van der Waals surface area contributed by atoms with E-state index in [9.17, 15) is 20.2 Å². The highest BCUT2D eigenvalue weighted by Gasteiger charge is 2.12. The van der Waals surface area contributed by atoms with Crippen LogP contribution in [-0.2, 0) is 0 Å². The smallest absolute Gasteiger partial charge is 0.297 e. The Bertz CT molecular complexity index is 954. The number of nitro benzene ring substituents is 2. The van der Waals surface area contributed by atoms with Crippen LogP contribution in [0.25, 0.3) is 22.1 Å². The number of hydrogen-bond acceptors (Lipinski definition) is 6. The maximum atomic E-state index is 10.5. The second-order valence-electron chi connectivity index (χ2n) is 4.67. The van der Waals surface area contributed by atoms with E-state index >= 15 is 0 Å². The molecule has 4 aromatic rings. The Morgan fingerprint density at radius 2 is 1.17 bits per heavy atom. The Balaban J connectivity index is 0.000000141. The van der Waals surface area contributed by atoms with Crippen LogP contribution in [0.3, 0.4) is 0 Å². The number of nitrogens with zero attached hydrogens (tertiary/aromatic N) is 4. The van der Waals surface area contributed by atoms with Crippen molar-refractivity contribution >= 4 is 33.4 Å². The molecule has 0 fully saturated rings. The molecule has 0 aliphatic heterocycles. The number of rotatable bonds is 2. The van der Waals surface area contributed by atoms with Crippen LogP contribution in [0.15, 0.2) is 49.1 Å². The summed E-state index contributed by atoms with van der Waals surface area (Å²) in [4.78, 5) is 33.3. The van der Waals surface area contributed by atoms with E-state index in [1.165, 1.54) is 24.8 Å². The van der Waals surface area contributed by atoms with Gasteiger partial charge >= 0.3 is 0 Å². The molecular formula is C14H10N6O4. The lowest BCUT2D eigenvalue weighted by molar-refractivity contribution is -0.383. The van der Waals surface area contributed by atoms with Gasteiger partial charge in [-0.25, -0.2) is 9.97 Å². The predicted molar refractivity (Wildman–Crippen MR) is 85.5 cm³/mol. The highest BCUT2D eigenvalue weighted by molar-refractivity contribution is 5.84. The molecule has 2 aromatic carbocycles. The molecule has 10 heteroatoms.